The molecule has 0 spiro atoms. The molecule has 0 amide bonds. The van der Waals surface area contributed by atoms with Gasteiger partial charge in [0.2, 0.25) is 0 Å². The number of hydrogen-bond donors (Lipinski definition) is 2. The fourth-order valence-corrected chi connectivity index (χ4v) is 1.79. The smallest absolute Gasteiger partial charge is 0.303 e. The van der Waals surface area contributed by atoms with E-state index in [-0.39, 0.29) is 12.5 Å². The van der Waals surface area contributed by atoms with Crippen LogP contribution in [-0.2, 0) is 4.79 Å². The van der Waals surface area contributed by atoms with Crippen LogP contribution in [0.25, 0.3) is 0 Å². The van der Waals surface area contributed by atoms with Gasteiger partial charge in [0.15, 0.2) is 0 Å². The molecule has 1 unspecified atom stereocenters. The van der Waals surface area contributed by atoms with Gasteiger partial charge in [0.25, 0.3) is 0 Å². The molecule has 0 saturated heterocycles. The molecule has 0 aliphatic rings. The first-order valence-electron chi connectivity index (χ1n) is 6.56. The molecule has 0 aliphatic carbocycles. The fourth-order valence-electron chi connectivity index (χ4n) is 1.79. The summed E-state index contributed by atoms with van der Waals surface area (Å²) in [6.45, 7) is 2.20. The van der Waals surface area contributed by atoms with Crippen LogP contribution < -0.4 is 0 Å². The molecule has 2 N–H and O–H groups in total. The van der Waals surface area contributed by atoms with E-state index in [9.17, 15) is 9.90 Å². The number of carboxylic acids is 1. The summed E-state index contributed by atoms with van der Waals surface area (Å²) in [5.74, 6) is -0.772. The zero-order chi connectivity index (χ0) is 12.2. The second kappa shape index (κ2) is 10.9. The average Bonchev–Trinajstić information content (AvgIpc) is 2.22. The first-order chi connectivity index (χ1) is 7.66. The Morgan fingerprint density at radius 1 is 1.00 bits per heavy atom. The third-order valence-corrected chi connectivity index (χ3v) is 2.82. The van der Waals surface area contributed by atoms with Gasteiger partial charge in [0.1, 0.15) is 0 Å². The van der Waals surface area contributed by atoms with E-state index in [0.717, 1.165) is 12.8 Å². The van der Waals surface area contributed by atoms with E-state index in [1.165, 1.54) is 32.1 Å². The van der Waals surface area contributed by atoms with Crippen molar-refractivity contribution in [1.29, 1.82) is 0 Å². The van der Waals surface area contributed by atoms with E-state index < -0.39 is 5.97 Å². The largest absolute Gasteiger partial charge is 0.481 e. The molecule has 0 bridgehead atoms. The van der Waals surface area contributed by atoms with Gasteiger partial charge in [0.05, 0.1) is 6.10 Å². The molecule has 0 fully saturated rings. The summed E-state index contributed by atoms with van der Waals surface area (Å²) < 4.78 is 0. The Labute approximate surface area is 98.9 Å². The minimum Gasteiger partial charge on any atom is -0.481 e. The molecule has 0 radical (unpaired) electrons. The highest BCUT2D eigenvalue weighted by atomic mass is 16.4. The number of hydrogen-bond acceptors (Lipinski definition) is 2. The van der Waals surface area contributed by atoms with Gasteiger partial charge >= 0.3 is 5.97 Å². The van der Waals surface area contributed by atoms with Gasteiger partial charge in [0, 0.05) is 6.42 Å². The molecule has 3 heteroatoms. The normalized spacial score (nSPS) is 12.6. The lowest BCUT2D eigenvalue weighted by Gasteiger charge is -2.09. The highest BCUT2D eigenvalue weighted by Crippen LogP contribution is 2.11. The lowest BCUT2D eigenvalue weighted by molar-refractivity contribution is -0.137. The van der Waals surface area contributed by atoms with E-state index in [2.05, 4.69) is 6.92 Å². The molecule has 1 atom stereocenters. The van der Waals surface area contributed by atoms with Gasteiger partial charge in [-0.3, -0.25) is 4.79 Å². The number of rotatable bonds is 11. The zero-order valence-corrected chi connectivity index (χ0v) is 10.5. The van der Waals surface area contributed by atoms with Gasteiger partial charge in [-0.05, 0) is 19.3 Å². The van der Waals surface area contributed by atoms with Crippen molar-refractivity contribution >= 4 is 5.97 Å². The Morgan fingerprint density at radius 3 is 2.19 bits per heavy atom. The van der Waals surface area contributed by atoms with Gasteiger partial charge in [-0.1, -0.05) is 45.4 Å². The third kappa shape index (κ3) is 11.5. The minimum absolute atomic E-state index is 0.174. The Balaban J connectivity index is 3.17. The average molecular weight is 230 g/mol. The van der Waals surface area contributed by atoms with Crippen LogP contribution in [0.5, 0.6) is 0 Å². The van der Waals surface area contributed by atoms with Crippen molar-refractivity contribution in [3.63, 3.8) is 0 Å². The Kier molecular flexibility index (Phi) is 10.5. The molecule has 0 aliphatic heterocycles. The maximum Gasteiger partial charge on any atom is 0.303 e. The molecular formula is C13H26O3. The highest BCUT2D eigenvalue weighted by molar-refractivity contribution is 5.66. The number of aliphatic carboxylic acids is 1. The van der Waals surface area contributed by atoms with Crippen LogP contribution in [-0.4, -0.2) is 22.3 Å². The van der Waals surface area contributed by atoms with Crippen LogP contribution in [0.15, 0.2) is 0 Å². The lowest BCUT2D eigenvalue weighted by atomic mass is 10.0. The lowest BCUT2D eigenvalue weighted by Crippen LogP contribution is -2.07. The second-order valence-corrected chi connectivity index (χ2v) is 4.50. The molecule has 0 aromatic heterocycles. The Bertz CT molecular complexity index is 169. The van der Waals surface area contributed by atoms with Gasteiger partial charge in [-0.15, -0.1) is 0 Å². The standard InChI is InChI=1S/C13H26O3/c1-2-3-4-5-6-7-9-12(14)10-8-11-13(15)16/h12,14H,2-11H2,1H3,(H,15,16). The minimum atomic E-state index is -0.772. The molecule has 96 valence electrons. The Hall–Kier alpha value is -0.570. The monoisotopic (exact) mass is 230 g/mol. The van der Waals surface area contributed by atoms with Crippen LogP contribution in [0.2, 0.25) is 0 Å². The van der Waals surface area contributed by atoms with Crippen LogP contribution in [0.1, 0.15) is 71.1 Å². The predicted octanol–water partition coefficient (Wildman–Crippen LogP) is 3.35. The van der Waals surface area contributed by atoms with E-state index in [0.29, 0.717) is 12.8 Å². The molecule has 0 heterocycles. The zero-order valence-electron chi connectivity index (χ0n) is 10.5. The van der Waals surface area contributed by atoms with Gasteiger partial charge in [-0.25, -0.2) is 0 Å². The van der Waals surface area contributed by atoms with Crippen molar-refractivity contribution in [2.45, 2.75) is 77.2 Å². The van der Waals surface area contributed by atoms with Crippen molar-refractivity contribution in [3.05, 3.63) is 0 Å². The van der Waals surface area contributed by atoms with Crippen molar-refractivity contribution in [2.24, 2.45) is 0 Å². The van der Waals surface area contributed by atoms with E-state index >= 15 is 0 Å². The molecule has 16 heavy (non-hydrogen) atoms. The summed E-state index contributed by atoms with van der Waals surface area (Å²) in [5.41, 5.74) is 0. The number of aliphatic hydroxyl groups excluding tert-OH is 1. The summed E-state index contributed by atoms with van der Waals surface area (Å²) in [4.78, 5) is 10.3. The molecule has 3 nitrogen and oxygen atoms in total. The third-order valence-electron chi connectivity index (χ3n) is 2.82. The van der Waals surface area contributed by atoms with E-state index in [4.69, 9.17) is 5.11 Å². The molecule has 0 aromatic rings. The van der Waals surface area contributed by atoms with E-state index in [1.54, 1.807) is 0 Å². The van der Waals surface area contributed by atoms with Crippen molar-refractivity contribution in [1.82, 2.24) is 0 Å². The summed E-state index contributed by atoms with van der Waals surface area (Å²) >= 11 is 0. The number of carboxylic acid groups (broad SMARTS) is 1. The van der Waals surface area contributed by atoms with Crippen LogP contribution >= 0.6 is 0 Å². The first kappa shape index (κ1) is 15.4. The Morgan fingerprint density at radius 2 is 1.56 bits per heavy atom. The van der Waals surface area contributed by atoms with Crippen molar-refractivity contribution < 1.29 is 15.0 Å². The van der Waals surface area contributed by atoms with Crippen LogP contribution in [0, 0.1) is 0 Å². The predicted molar refractivity (Wildman–Crippen MR) is 65.5 cm³/mol. The summed E-state index contributed by atoms with van der Waals surface area (Å²) in [6, 6.07) is 0. The SMILES string of the molecule is CCCCCCCCC(O)CCCC(=O)O. The summed E-state index contributed by atoms with van der Waals surface area (Å²) in [6.07, 6.45) is 9.30. The number of carbonyl (C=O) groups is 1. The number of aliphatic hydroxyl groups is 1. The maximum absolute atomic E-state index is 10.3. The second-order valence-electron chi connectivity index (χ2n) is 4.50. The number of unbranched alkanes of at least 4 members (excludes halogenated alkanes) is 5. The topological polar surface area (TPSA) is 57.5 Å². The van der Waals surface area contributed by atoms with Crippen LogP contribution in [0.3, 0.4) is 0 Å². The van der Waals surface area contributed by atoms with E-state index in [1.807, 2.05) is 0 Å². The molecule has 0 rings (SSSR count). The van der Waals surface area contributed by atoms with Gasteiger partial charge in [-0.2, -0.15) is 0 Å². The van der Waals surface area contributed by atoms with Crippen molar-refractivity contribution in [3.8, 4) is 0 Å². The fraction of sp³-hybridized carbons (Fsp3) is 0.923. The summed E-state index contributed by atoms with van der Waals surface area (Å²) in [5, 5.41) is 18.0. The van der Waals surface area contributed by atoms with Crippen molar-refractivity contribution in [2.75, 3.05) is 0 Å². The summed E-state index contributed by atoms with van der Waals surface area (Å²) in [7, 11) is 0. The first-order valence-corrected chi connectivity index (χ1v) is 6.56. The maximum atomic E-state index is 10.3. The molecule has 0 aromatic carbocycles. The molecule has 0 saturated carbocycles. The van der Waals surface area contributed by atoms with Crippen LogP contribution in [0.4, 0.5) is 0 Å². The molecular weight excluding hydrogens is 204 g/mol. The highest BCUT2D eigenvalue weighted by Gasteiger charge is 2.05. The quantitative estimate of drug-likeness (QED) is 0.535. The van der Waals surface area contributed by atoms with Gasteiger partial charge < -0.3 is 10.2 Å².